The SMILES string of the molecule is Cc1cn(C[C@H](Cc2ccccc2)C(=O)O)c(=O)nc1N1CCC(Nc2nc3ccccc3[nH]2)CC1. The molecule has 4 aromatic rings. The van der Waals surface area contributed by atoms with E-state index in [0.29, 0.717) is 12.2 Å². The molecule has 36 heavy (non-hydrogen) atoms. The largest absolute Gasteiger partial charge is 0.481 e. The van der Waals surface area contributed by atoms with Crippen LogP contribution in [0.2, 0.25) is 0 Å². The number of anilines is 2. The van der Waals surface area contributed by atoms with Crippen LogP contribution in [0.15, 0.2) is 65.6 Å². The Morgan fingerprint density at radius 3 is 2.56 bits per heavy atom. The lowest BCUT2D eigenvalue weighted by molar-refractivity contribution is -0.142. The maximum absolute atomic E-state index is 12.8. The molecule has 3 heterocycles. The summed E-state index contributed by atoms with van der Waals surface area (Å²) in [6.45, 7) is 3.53. The lowest BCUT2D eigenvalue weighted by atomic mass is 9.99. The van der Waals surface area contributed by atoms with Gasteiger partial charge in [-0.15, -0.1) is 0 Å². The van der Waals surface area contributed by atoms with E-state index in [1.54, 1.807) is 6.20 Å². The Bertz CT molecular complexity index is 1370. The molecule has 0 amide bonds. The van der Waals surface area contributed by atoms with Gasteiger partial charge in [0, 0.05) is 37.4 Å². The van der Waals surface area contributed by atoms with Crippen LogP contribution in [0.3, 0.4) is 0 Å². The monoisotopic (exact) mass is 486 g/mol. The fourth-order valence-corrected chi connectivity index (χ4v) is 4.86. The standard InChI is InChI=1S/C27H30N6O3/c1-18-16-33(17-20(25(34)35)15-19-7-3-2-4-8-19)27(36)31-24(18)32-13-11-21(12-14-32)28-26-29-22-9-5-6-10-23(22)30-26/h2-10,16,20-21H,11-15,17H2,1H3,(H,34,35)(H2,28,29,30)/t20-/m0/s1. The van der Waals surface area contributed by atoms with Gasteiger partial charge in [0.25, 0.3) is 0 Å². The molecule has 1 atom stereocenters. The molecule has 2 aromatic carbocycles. The number of nitrogens with one attached hydrogen (secondary N) is 2. The molecule has 5 rings (SSSR count). The molecule has 0 bridgehead atoms. The maximum Gasteiger partial charge on any atom is 0.349 e. The molecule has 1 aliphatic rings. The van der Waals surface area contributed by atoms with E-state index in [1.165, 1.54) is 4.57 Å². The second-order valence-corrected chi connectivity index (χ2v) is 9.42. The zero-order valence-electron chi connectivity index (χ0n) is 20.2. The van der Waals surface area contributed by atoms with Gasteiger partial charge >= 0.3 is 11.7 Å². The summed E-state index contributed by atoms with van der Waals surface area (Å²) >= 11 is 0. The van der Waals surface area contributed by atoms with Crippen molar-refractivity contribution in [1.82, 2.24) is 19.5 Å². The third kappa shape index (κ3) is 5.25. The van der Waals surface area contributed by atoms with Crippen molar-refractivity contribution in [2.45, 2.75) is 38.8 Å². The third-order valence-electron chi connectivity index (χ3n) is 6.77. The molecule has 9 heteroatoms. The molecule has 0 aliphatic carbocycles. The van der Waals surface area contributed by atoms with E-state index in [4.69, 9.17) is 0 Å². The first-order valence-electron chi connectivity index (χ1n) is 12.3. The minimum Gasteiger partial charge on any atom is -0.481 e. The Labute approximate surface area is 208 Å². The van der Waals surface area contributed by atoms with Gasteiger partial charge in [0.1, 0.15) is 5.82 Å². The molecule has 2 aromatic heterocycles. The number of para-hydroxylation sites is 2. The molecule has 0 spiro atoms. The average Bonchev–Trinajstić information content (AvgIpc) is 3.29. The number of aliphatic carboxylic acids is 1. The van der Waals surface area contributed by atoms with E-state index in [2.05, 4.69) is 25.2 Å². The number of carboxylic acid groups (broad SMARTS) is 1. The quantitative estimate of drug-likeness (QED) is 0.349. The Hall–Kier alpha value is -4.14. The fourth-order valence-electron chi connectivity index (χ4n) is 4.86. The van der Waals surface area contributed by atoms with Crippen LogP contribution in [0.5, 0.6) is 0 Å². The van der Waals surface area contributed by atoms with Gasteiger partial charge < -0.3 is 20.3 Å². The highest BCUT2D eigenvalue weighted by atomic mass is 16.4. The van der Waals surface area contributed by atoms with Crippen LogP contribution in [0.25, 0.3) is 11.0 Å². The number of aromatic nitrogens is 4. The summed E-state index contributed by atoms with van der Waals surface area (Å²) < 4.78 is 1.43. The van der Waals surface area contributed by atoms with Crippen molar-refractivity contribution in [1.29, 1.82) is 0 Å². The van der Waals surface area contributed by atoms with Crippen LogP contribution < -0.4 is 15.9 Å². The summed E-state index contributed by atoms with van der Waals surface area (Å²) in [6, 6.07) is 17.7. The number of carboxylic acids is 1. The Morgan fingerprint density at radius 2 is 1.83 bits per heavy atom. The summed E-state index contributed by atoms with van der Waals surface area (Å²) in [5.74, 6) is -0.188. The van der Waals surface area contributed by atoms with Crippen molar-refractivity contribution in [2.24, 2.45) is 5.92 Å². The summed E-state index contributed by atoms with van der Waals surface area (Å²) in [4.78, 5) is 39.1. The molecule has 1 aliphatic heterocycles. The number of benzene rings is 2. The van der Waals surface area contributed by atoms with Crippen molar-refractivity contribution >= 4 is 28.8 Å². The maximum atomic E-state index is 12.8. The Kier molecular flexibility index (Phi) is 6.71. The van der Waals surface area contributed by atoms with Gasteiger partial charge in [0.2, 0.25) is 5.95 Å². The second kappa shape index (κ2) is 10.2. The minimum absolute atomic E-state index is 0.0840. The molecule has 186 valence electrons. The van der Waals surface area contributed by atoms with E-state index in [0.717, 1.165) is 54.0 Å². The summed E-state index contributed by atoms with van der Waals surface area (Å²) in [7, 11) is 0. The molecule has 0 unspecified atom stereocenters. The molecule has 1 saturated heterocycles. The van der Waals surface area contributed by atoms with Crippen LogP contribution in [-0.2, 0) is 17.8 Å². The zero-order valence-corrected chi connectivity index (χ0v) is 20.2. The average molecular weight is 487 g/mol. The van der Waals surface area contributed by atoms with Gasteiger partial charge in [-0.3, -0.25) is 9.36 Å². The highest BCUT2D eigenvalue weighted by Crippen LogP contribution is 2.23. The topological polar surface area (TPSA) is 116 Å². The molecular formula is C27H30N6O3. The third-order valence-corrected chi connectivity index (χ3v) is 6.77. The fraction of sp³-hybridized carbons (Fsp3) is 0.333. The number of carbonyl (C=O) groups is 1. The predicted molar refractivity (Wildman–Crippen MR) is 139 cm³/mol. The minimum atomic E-state index is -0.925. The highest BCUT2D eigenvalue weighted by Gasteiger charge is 2.24. The summed E-state index contributed by atoms with van der Waals surface area (Å²) in [6.07, 6.45) is 3.87. The first kappa shape index (κ1) is 23.6. The van der Waals surface area contributed by atoms with Crippen molar-refractivity contribution in [3.63, 3.8) is 0 Å². The number of imidazole rings is 1. The molecule has 0 saturated carbocycles. The molecule has 3 N–H and O–H groups in total. The molecular weight excluding hydrogens is 456 g/mol. The summed E-state index contributed by atoms with van der Waals surface area (Å²) in [5.41, 5.74) is 3.32. The molecule has 1 fully saturated rings. The first-order valence-corrected chi connectivity index (χ1v) is 12.3. The number of piperidine rings is 1. The lowest BCUT2D eigenvalue weighted by Crippen LogP contribution is -2.41. The lowest BCUT2D eigenvalue weighted by Gasteiger charge is -2.33. The highest BCUT2D eigenvalue weighted by molar-refractivity contribution is 5.77. The Morgan fingerprint density at radius 1 is 1.11 bits per heavy atom. The van der Waals surface area contributed by atoms with E-state index in [-0.39, 0.29) is 12.6 Å². The van der Waals surface area contributed by atoms with Crippen LogP contribution >= 0.6 is 0 Å². The number of fused-ring (bicyclic) bond motifs is 1. The van der Waals surface area contributed by atoms with Crippen LogP contribution in [0.1, 0.15) is 24.0 Å². The van der Waals surface area contributed by atoms with Gasteiger partial charge in [0.15, 0.2) is 0 Å². The van der Waals surface area contributed by atoms with Gasteiger partial charge in [-0.1, -0.05) is 42.5 Å². The number of hydrogen-bond acceptors (Lipinski definition) is 6. The number of hydrogen-bond donors (Lipinski definition) is 3. The van der Waals surface area contributed by atoms with Crippen LogP contribution in [0, 0.1) is 12.8 Å². The van der Waals surface area contributed by atoms with Crippen molar-refractivity contribution < 1.29 is 9.90 Å². The van der Waals surface area contributed by atoms with Gasteiger partial charge in [-0.05, 0) is 43.9 Å². The van der Waals surface area contributed by atoms with E-state index < -0.39 is 17.6 Å². The van der Waals surface area contributed by atoms with Gasteiger partial charge in [-0.2, -0.15) is 4.98 Å². The number of aryl methyl sites for hydroxylation is 1. The van der Waals surface area contributed by atoms with E-state index in [9.17, 15) is 14.7 Å². The van der Waals surface area contributed by atoms with Crippen molar-refractivity contribution in [3.05, 3.63) is 82.4 Å². The smallest absolute Gasteiger partial charge is 0.349 e. The molecule has 9 nitrogen and oxygen atoms in total. The number of nitrogens with zero attached hydrogens (tertiary/aromatic N) is 4. The normalized spacial score (nSPS) is 15.2. The van der Waals surface area contributed by atoms with Crippen molar-refractivity contribution in [3.8, 4) is 0 Å². The second-order valence-electron chi connectivity index (χ2n) is 9.42. The first-order chi connectivity index (χ1) is 17.5. The van der Waals surface area contributed by atoms with E-state index in [1.807, 2.05) is 61.5 Å². The van der Waals surface area contributed by atoms with E-state index >= 15 is 0 Å². The predicted octanol–water partition coefficient (Wildman–Crippen LogP) is 3.45. The van der Waals surface area contributed by atoms with Gasteiger partial charge in [0.05, 0.1) is 17.0 Å². The number of rotatable bonds is 8. The van der Waals surface area contributed by atoms with Crippen molar-refractivity contribution in [2.75, 3.05) is 23.3 Å². The zero-order chi connectivity index (χ0) is 25.1. The number of aromatic amines is 1. The summed E-state index contributed by atoms with van der Waals surface area (Å²) in [5, 5.41) is 13.2. The Balaban J connectivity index is 1.23. The van der Waals surface area contributed by atoms with Gasteiger partial charge in [-0.25, -0.2) is 9.78 Å². The van der Waals surface area contributed by atoms with Crippen LogP contribution in [0.4, 0.5) is 11.8 Å². The van der Waals surface area contributed by atoms with Crippen LogP contribution in [-0.4, -0.2) is 49.7 Å². The molecule has 0 radical (unpaired) electrons. The number of H-pyrrole nitrogens is 1.